The van der Waals surface area contributed by atoms with Gasteiger partial charge in [-0.3, -0.25) is 0 Å². The van der Waals surface area contributed by atoms with Gasteiger partial charge in [0, 0.05) is 90.9 Å². The van der Waals surface area contributed by atoms with Crippen molar-refractivity contribution in [1.29, 1.82) is 0 Å². The third-order valence-electron chi connectivity index (χ3n) is 16.2. The van der Waals surface area contributed by atoms with Crippen LogP contribution in [0.4, 0.5) is 28.4 Å². The molecular formula is C70H53BN2OS2. The molecule has 364 valence electrons. The van der Waals surface area contributed by atoms with Crippen LogP contribution in [0.3, 0.4) is 0 Å². The molecule has 0 amide bonds. The number of fused-ring (bicyclic) bond motifs is 12. The molecule has 5 heterocycles. The molecule has 0 saturated carbocycles. The normalized spacial score (nSPS) is 13.3. The number of thiophene rings is 2. The van der Waals surface area contributed by atoms with Crippen LogP contribution in [0.2, 0.25) is 0 Å². The van der Waals surface area contributed by atoms with Crippen molar-refractivity contribution in [2.75, 3.05) is 9.71 Å². The quantitative estimate of drug-likeness (QED) is 0.160. The smallest absolute Gasteiger partial charge is 0.333 e. The summed E-state index contributed by atoms with van der Waals surface area (Å²) in [5.74, 6) is 0. The van der Waals surface area contributed by atoms with Gasteiger partial charge in [-0.1, -0.05) is 187 Å². The minimum Gasteiger partial charge on any atom is -0.455 e. The zero-order valence-electron chi connectivity index (χ0n) is 43.4. The van der Waals surface area contributed by atoms with Gasteiger partial charge in [0.05, 0.1) is 5.69 Å². The van der Waals surface area contributed by atoms with Gasteiger partial charge in [-0.05, 0) is 116 Å². The largest absolute Gasteiger partial charge is 0.455 e. The Morgan fingerprint density at radius 3 is 1.75 bits per heavy atom. The first-order valence-electron chi connectivity index (χ1n) is 26.5. The molecule has 0 aliphatic carbocycles. The number of benzene rings is 10. The summed E-state index contributed by atoms with van der Waals surface area (Å²) >= 11 is 3.79. The second-order valence-electron chi connectivity index (χ2n) is 22.8. The number of furan rings is 1. The van der Waals surface area contributed by atoms with Crippen LogP contribution in [-0.2, 0) is 10.8 Å². The molecule has 0 spiro atoms. The van der Waals surface area contributed by atoms with E-state index in [0.717, 1.165) is 44.6 Å². The fourth-order valence-corrected chi connectivity index (χ4v) is 14.8. The zero-order valence-corrected chi connectivity index (χ0v) is 45.0. The first kappa shape index (κ1) is 45.3. The van der Waals surface area contributed by atoms with Gasteiger partial charge in [0.1, 0.15) is 11.2 Å². The first-order valence-corrected chi connectivity index (χ1v) is 28.1. The molecule has 0 radical (unpaired) electrons. The molecule has 15 rings (SSSR count). The lowest BCUT2D eigenvalue weighted by molar-refractivity contribution is 0.590. The van der Waals surface area contributed by atoms with Crippen molar-refractivity contribution < 1.29 is 4.42 Å². The highest BCUT2D eigenvalue weighted by atomic mass is 32.1. The Morgan fingerprint density at radius 1 is 0.408 bits per heavy atom. The Bertz CT molecular complexity index is 4480. The van der Waals surface area contributed by atoms with Crippen molar-refractivity contribution in [2.24, 2.45) is 0 Å². The fraction of sp³-hybridized carbons (Fsp3) is 0.114. The molecule has 3 aromatic heterocycles. The summed E-state index contributed by atoms with van der Waals surface area (Å²) in [7, 11) is 0. The van der Waals surface area contributed by atoms with E-state index in [4.69, 9.17) is 4.42 Å². The Balaban J connectivity index is 1.14. The molecule has 0 unspecified atom stereocenters. The summed E-state index contributed by atoms with van der Waals surface area (Å²) in [4.78, 5) is 6.59. The summed E-state index contributed by atoms with van der Waals surface area (Å²) < 4.78 is 11.1. The maximum atomic E-state index is 7.28. The summed E-state index contributed by atoms with van der Waals surface area (Å²) in [6.45, 7) is 13.6. The highest BCUT2D eigenvalue weighted by Crippen LogP contribution is 2.55. The van der Waals surface area contributed by atoms with Crippen molar-refractivity contribution in [2.45, 2.75) is 52.4 Å². The standard InChI is InChI=1S/C70H53BN2OS2/c1-69(2,3)45-30-33-47(34-31-45)73-57-41-63-51(49-27-17-19-29-61(49)75-63)37-53(57)65-66-59(38-52-48-26-16-18-28-60(48)74-67(52)65)72(56-35-32-46(70(4,5)6)36-50(56)42-20-10-7-11-21-42)58-39-54-62(40-55(58)71(66)73)76-68(44-24-14-9-15-25-44)64(54)43-22-12-8-13-23-43/h7-41H,1-6H3. The molecule has 0 atom stereocenters. The molecule has 0 fully saturated rings. The van der Waals surface area contributed by atoms with E-state index in [1.807, 2.05) is 22.7 Å². The predicted octanol–water partition coefficient (Wildman–Crippen LogP) is 19.5. The van der Waals surface area contributed by atoms with Crippen LogP contribution in [0.15, 0.2) is 217 Å². The topological polar surface area (TPSA) is 19.6 Å². The van der Waals surface area contributed by atoms with Gasteiger partial charge in [0.25, 0.3) is 0 Å². The molecule has 13 aromatic rings. The van der Waals surface area contributed by atoms with E-state index in [9.17, 15) is 0 Å². The second-order valence-corrected chi connectivity index (χ2v) is 25.0. The monoisotopic (exact) mass is 1010 g/mol. The van der Waals surface area contributed by atoms with Crippen molar-refractivity contribution in [3.05, 3.63) is 223 Å². The predicted molar refractivity (Wildman–Crippen MR) is 329 cm³/mol. The van der Waals surface area contributed by atoms with Crippen molar-refractivity contribution in [3.63, 3.8) is 0 Å². The maximum Gasteiger partial charge on any atom is 0.333 e. The summed E-state index contributed by atoms with van der Waals surface area (Å²) in [6, 6.07) is 79.8. The highest BCUT2D eigenvalue weighted by molar-refractivity contribution is 7.26. The molecule has 0 saturated heterocycles. The van der Waals surface area contributed by atoms with E-state index in [1.165, 1.54) is 102 Å². The summed E-state index contributed by atoms with van der Waals surface area (Å²) in [5.41, 5.74) is 21.0. The molecule has 2 aliphatic rings. The van der Waals surface area contributed by atoms with Crippen molar-refractivity contribution >= 4 is 121 Å². The Kier molecular flexibility index (Phi) is 9.93. The van der Waals surface area contributed by atoms with Gasteiger partial charge < -0.3 is 14.1 Å². The summed E-state index contributed by atoms with van der Waals surface area (Å²) in [6.07, 6.45) is 0. The summed E-state index contributed by atoms with van der Waals surface area (Å²) in [5, 5.41) is 6.01. The Morgan fingerprint density at radius 2 is 1.03 bits per heavy atom. The molecule has 76 heavy (non-hydrogen) atoms. The molecule has 2 aliphatic heterocycles. The minimum atomic E-state index is -0.241. The third kappa shape index (κ3) is 6.86. The van der Waals surface area contributed by atoms with Crippen LogP contribution in [0, 0.1) is 0 Å². The van der Waals surface area contributed by atoms with Crippen LogP contribution >= 0.6 is 22.7 Å². The second kappa shape index (κ2) is 16.7. The highest BCUT2D eigenvalue weighted by Gasteiger charge is 2.48. The van der Waals surface area contributed by atoms with Crippen LogP contribution in [-0.4, -0.2) is 6.85 Å². The van der Waals surface area contributed by atoms with E-state index in [0.29, 0.717) is 0 Å². The number of anilines is 5. The average Bonchev–Trinajstić information content (AvgIpc) is 4.26. The number of rotatable bonds is 5. The van der Waals surface area contributed by atoms with E-state index in [1.54, 1.807) is 0 Å². The van der Waals surface area contributed by atoms with E-state index >= 15 is 0 Å². The van der Waals surface area contributed by atoms with E-state index in [-0.39, 0.29) is 17.7 Å². The average molecular weight is 1010 g/mol. The number of hydrogen-bond donors (Lipinski definition) is 0. The van der Waals surface area contributed by atoms with E-state index < -0.39 is 0 Å². The van der Waals surface area contributed by atoms with Crippen LogP contribution in [0.25, 0.3) is 96.0 Å². The van der Waals surface area contributed by atoms with Gasteiger partial charge in [-0.15, -0.1) is 22.7 Å². The number of nitrogens with zero attached hydrogens (tertiary/aromatic N) is 2. The Hall–Kier alpha value is -8.16. The van der Waals surface area contributed by atoms with Gasteiger partial charge in [0.2, 0.25) is 0 Å². The van der Waals surface area contributed by atoms with Gasteiger partial charge >= 0.3 is 6.85 Å². The lowest BCUT2D eigenvalue weighted by Gasteiger charge is -2.46. The lowest BCUT2D eigenvalue weighted by Crippen LogP contribution is -2.61. The minimum absolute atomic E-state index is 0.0110. The van der Waals surface area contributed by atoms with Crippen LogP contribution < -0.4 is 20.6 Å². The van der Waals surface area contributed by atoms with Crippen LogP contribution in [0.1, 0.15) is 52.7 Å². The molecule has 6 heteroatoms. The van der Waals surface area contributed by atoms with Gasteiger partial charge in [-0.25, -0.2) is 0 Å². The Labute approximate surface area is 452 Å². The van der Waals surface area contributed by atoms with Crippen molar-refractivity contribution in [1.82, 2.24) is 0 Å². The van der Waals surface area contributed by atoms with E-state index in [2.05, 4.69) is 264 Å². The molecule has 0 bridgehead atoms. The SMILES string of the molecule is CC(C)(C)c1ccc(N2B3c4cc5sc(-c6ccccc6)c(-c6ccccc6)c5cc4N(c4ccc(C(C)(C)C)cc4-c4ccccc4)c4cc5c(oc6ccccc65)c(c43)-c3cc4c(cc32)sc2ccccc24)cc1. The number of hydrogen-bond acceptors (Lipinski definition) is 5. The number of para-hydroxylation sites is 1. The molecule has 10 aromatic carbocycles. The van der Waals surface area contributed by atoms with Gasteiger partial charge in [-0.2, -0.15) is 0 Å². The molecule has 0 N–H and O–H groups in total. The first-order chi connectivity index (χ1) is 37.0. The third-order valence-corrected chi connectivity index (χ3v) is 18.5. The van der Waals surface area contributed by atoms with Crippen LogP contribution in [0.5, 0.6) is 0 Å². The lowest BCUT2D eigenvalue weighted by atomic mass is 9.43. The maximum absolute atomic E-state index is 7.28. The molecule has 3 nitrogen and oxygen atoms in total. The van der Waals surface area contributed by atoms with Gasteiger partial charge in [0.15, 0.2) is 0 Å². The fourth-order valence-electron chi connectivity index (χ4n) is 12.4. The van der Waals surface area contributed by atoms with Crippen molar-refractivity contribution in [3.8, 4) is 43.8 Å². The zero-order chi connectivity index (χ0) is 51.2. The molecular weight excluding hydrogens is 960 g/mol.